The second kappa shape index (κ2) is 7.55. The van der Waals surface area contributed by atoms with Crippen molar-refractivity contribution >= 4 is 11.6 Å². The third kappa shape index (κ3) is 4.14. The Labute approximate surface area is 122 Å². The summed E-state index contributed by atoms with van der Waals surface area (Å²) in [6.07, 6.45) is -0.563. The summed E-state index contributed by atoms with van der Waals surface area (Å²) in [5.74, 6) is -0.272. The first-order valence-electron chi connectivity index (χ1n) is 6.08. The van der Waals surface area contributed by atoms with E-state index in [1.807, 2.05) is 0 Å². The zero-order chi connectivity index (χ0) is 16.0. The maximum absolute atomic E-state index is 12.2. The smallest absolute Gasteiger partial charge is 0.311 e. The lowest BCUT2D eigenvalue weighted by Crippen LogP contribution is -2.36. The van der Waals surface area contributed by atoms with Crippen molar-refractivity contribution in [2.45, 2.75) is 6.29 Å². The van der Waals surface area contributed by atoms with Gasteiger partial charge in [-0.3, -0.25) is 14.9 Å². The van der Waals surface area contributed by atoms with E-state index in [0.29, 0.717) is 0 Å². The van der Waals surface area contributed by atoms with E-state index in [1.54, 1.807) is 7.05 Å². The predicted octanol–water partition coefficient (Wildman–Crippen LogP) is 1.29. The van der Waals surface area contributed by atoms with Gasteiger partial charge in [0.25, 0.3) is 5.91 Å². The molecule has 8 nitrogen and oxygen atoms in total. The molecule has 8 heteroatoms. The molecule has 0 aromatic heterocycles. The Hall–Kier alpha value is -2.19. The number of carbonyl (C=O) groups excluding carboxylic acids is 1. The summed E-state index contributed by atoms with van der Waals surface area (Å²) in [4.78, 5) is 24.0. The summed E-state index contributed by atoms with van der Waals surface area (Å²) in [5, 5.41) is 11.0. The monoisotopic (exact) mass is 298 g/mol. The number of hydrogen-bond acceptors (Lipinski definition) is 6. The Morgan fingerprint density at radius 1 is 1.33 bits per heavy atom. The summed E-state index contributed by atoms with van der Waals surface area (Å²) < 4.78 is 14.9. The normalized spacial score (nSPS) is 10.5. The molecule has 1 aromatic rings. The Morgan fingerprint density at radius 2 is 1.95 bits per heavy atom. The summed E-state index contributed by atoms with van der Waals surface area (Å²) in [6, 6.07) is 4.05. The van der Waals surface area contributed by atoms with E-state index >= 15 is 0 Å². The number of nitro groups is 1. The number of rotatable bonds is 7. The number of nitro benzene ring substituents is 1. The molecule has 0 saturated heterocycles. The second-order valence-electron chi connectivity index (χ2n) is 4.23. The molecule has 1 aromatic carbocycles. The standard InChI is InChI=1S/C13H18N2O6/c1-14(8-12(20-3)21-4)13(16)9-5-6-11(19-2)10(7-9)15(17)18/h5-7,12H,8H2,1-4H3. The number of ether oxygens (including phenoxy) is 3. The molecule has 0 aliphatic rings. The largest absolute Gasteiger partial charge is 0.490 e. The van der Waals surface area contributed by atoms with Crippen molar-refractivity contribution in [3.63, 3.8) is 0 Å². The summed E-state index contributed by atoms with van der Waals surface area (Å²) >= 11 is 0. The Morgan fingerprint density at radius 3 is 2.43 bits per heavy atom. The second-order valence-corrected chi connectivity index (χ2v) is 4.23. The highest BCUT2D eigenvalue weighted by Gasteiger charge is 2.21. The van der Waals surface area contributed by atoms with Crippen molar-refractivity contribution in [1.29, 1.82) is 0 Å². The molecule has 0 unspecified atom stereocenters. The van der Waals surface area contributed by atoms with Gasteiger partial charge in [0, 0.05) is 32.9 Å². The van der Waals surface area contributed by atoms with E-state index in [0.717, 1.165) is 0 Å². The van der Waals surface area contributed by atoms with Gasteiger partial charge in [-0.15, -0.1) is 0 Å². The molecule has 0 bridgehead atoms. The van der Waals surface area contributed by atoms with Crippen LogP contribution in [-0.2, 0) is 9.47 Å². The number of nitrogens with zero attached hydrogens (tertiary/aromatic N) is 2. The molecule has 0 heterocycles. The molecule has 0 aliphatic carbocycles. The molecule has 1 amide bonds. The van der Waals surface area contributed by atoms with Gasteiger partial charge >= 0.3 is 5.69 Å². The van der Waals surface area contributed by atoms with Crippen LogP contribution in [0.1, 0.15) is 10.4 Å². The maximum Gasteiger partial charge on any atom is 0.311 e. The number of methoxy groups -OCH3 is 3. The molecule has 21 heavy (non-hydrogen) atoms. The van der Waals surface area contributed by atoms with E-state index in [9.17, 15) is 14.9 Å². The Balaban J connectivity index is 2.97. The first-order chi connectivity index (χ1) is 9.94. The van der Waals surface area contributed by atoms with Crippen LogP contribution in [0.4, 0.5) is 5.69 Å². The minimum atomic E-state index is -0.595. The third-order valence-corrected chi connectivity index (χ3v) is 2.92. The fraction of sp³-hybridized carbons (Fsp3) is 0.462. The van der Waals surface area contributed by atoms with Gasteiger partial charge in [-0.2, -0.15) is 0 Å². The number of benzene rings is 1. The minimum absolute atomic E-state index is 0.103. The van der Waals surface area contributed by atoms with Crippen LogP contribution in [0.15, 0.2) is 18.2 Å². The van der Waals surface area contributed by atoms with Gasteiger partial charge in [0.05, 0.1) is 18.6 Å². The first kappa shape index (κ1) is 16.9. The zero-order valence-corrected chi connectivity index (χ0v) is 12.4. The average molecular weight is 298 g/mol. The molecule has 0 aliphatic heterocycles. The highest BCUT2D eigenvalue weighted by atomic mass is 16.7. The topological polar surface area (TPSA) is 91.1 Å². The van der Waals surface area contributed by atoms with E-state index in [1.165, 1.54) is 44.4 Å². The number of carbonyl (C=O) groups is 1. The molecule has 0 N–H and O–H groups in total. The fourth-order valence-electron chi connectivity index (χ4n) is 1.74. The van der Waals surface area contributed by atoms with Gasteiger partial charge in [-0.05, 0) is 12.1 Å². The Kier molecular flexibility index (Phi) is 6.07. The van der Waals surface area contributed by atoms with Crippen LogP contribution in [0.2, 0.25) is 0 Å². The molecule has 116 valence electrons. The van der Waals surface area contributed by atoms with Crippen molar-refractivity contribution in [1.82, 2.24) is 4.90 Å². The molecule has 0 atom stereocenters. The van der Waals surface area contributed by atoms with Crippen LogP contribution in [0.3, 0.4) is 0 Å². The zero-order valence-electron chi connectivity index (χ0n) is 12.4. The number of amides is 1. The SMILES string of the molecule is COc1ccc(C(=O)N(C)CC(OC)OC)cc1[N+](=O)[O-]. The molecule has 0 radical (unpaired) electrons. The summed E-state index contributed by atoms with van der Waals surface area (Å²) in [5.41, 5.74) is -0.0669. The van der Waals surface area contributed by atoms with E-state index in [-0.39, 0.29) is 29.5 Å². The van der Waals surface area contributed by atoms with Gasteiger partial charge in [-0.25, -0.2) is 0 Å². The first-order valence-corrected chi connectivity index (χ1v) is 6.08. The van der Waals surface area contributed by atoms with Gasteiger partial charge in [0.2, 0.25) is 0 Å². The van der Waals surface area contributed by atoms with Gasteiger partial charge in [0.15, 0.2) is 12.0 Å². The predicted molar refractivity (Wildman–Crippen MR) is 74.4 cm³/mol. The van der Waals surface area contributed by atoms with E-state index < -0.39 is 11.2 Å². The molecule has 0 spiro atoms. The van der Waals surface area contributed by atoms with Crippen LogP contribution in [0.5, 0.6) is 5.75 Å². The van der Waals surface area contributed by atoms with Crippen LogP contribution < -0.4 is 4.74 Å². The van der Waals surface area contributed by atoms with Crippen molar-refractivity contribution in [2.24, 2.45) is 0 Å². The molecule has 1 rings (SSSR count). The summed E-state index contributed by atoms with van der Waals surface area (Å²) in [7, 11) is 5.82. The third-order valence-electron chi connectivity index (χ3n) is 2.92. The maximum atomic E-state index is 12.2. The number of hydrogen-bond donors (Lipinski definition) is 0. The lowest BCUT2D eigenvalue weighted by atomic mass is 10.1. The summed E-state index contributed by atoms with van der Waals surface area (Å²) in [6.45, 7) is 0.200. The van der Waals surface area contributed by atoms with Crippen LogP contribution in [0.25, 0.3) is 0 Å². The van der Waals surface area contributed by atoms with Crippen molar-refractivity contribution < 1.29 is 23.9 Å². The van der Waals surface area contributed by atoms with Crippen molar-refractivity contribution in [2.75, 3.05) is 34.9 Å². The van der Waals surface area contributed by atoms with Crippen LogP contribution in [0, 0.1) is 10.1 Å². The molecular formula is C13H18N2O6. The van der Waals surface area contributed by atoms with Gasteiger partial charge < -0.3 is 19.1 Å². The average Bonchev–Trinajstić information content (AvgIpc) is 2.50. The van der Waals surface area contributed by atoms with Crippen LogP contribution in [-0.4, -0.2) is 56.9 Å². The minimum Gasteiger partial charge on any atom is -0.490 e. The molecule has 0 saturated carbocycles. The molecular weight excluding hydrogens is 280 g/mol. The van der Waals surface area contributed by atoms with Crippen molar-refractivity contribution in [3.8, 4) is 5.75 Å². The van der Waals surface area contributed by atoms with Gasteiger partial charge in [0.1, 0.15) is 0 Å². The van der Waals surface area contributed by atoms with E-state index in [4.69, 9.17) is 14.2 Å². The quantitative estimate of drug-likeness (QED) is 0.428. The Bertz CT molecular complexity index is 515. The van der Waals surface area contributed by atoms with Gasteiger partial charge in [-0.1, -0.05) is 0 Å². The lowest BCUT2D eigenvalue weighted by molar-refractivity contribution is -0.385. The van der Waals surface area contributed by atoms with E-state index in [2.05, 4.69) is 0 Å². The van der Waals surface area contributed by atoms with Crippen LogP contribution >= 0.6 is 0 Å². The molecule has 0 fully saturated rings. The highest BCUT2D eigenvalue weighted by Crippen LogP contribution is 2.27. The lowest BCUT2D eigenvalue weighted by Gasteiger charge is -2.22. The highest BCUT2D eigenvalue weighted by molar-refractivity contribution is 5.95. The van der Waals surface area contributed by atoms with Crippen molar-refractivity contribution in [3.05, 3.63) is 33.9 Å². The fourth-order valence-corrected chi connectivity index (χ4v) is 1.74. The number of likely N-dealkylation sites (N-methyl/N-ethyl adjacent to an activating group) is 1.